The van der Waals surface area contributed by atoms with Gasteiger partial charge in [0.25, 0.3) is 0 Å². The zero-order valence-corrected chi connectivity index (χ0v) is 13.4. The Labute approximate surface area is 116 Å². The molecule has 18 heavy (non-hydrogen) atoms. The summed E-state index contributed by atoms with van der Waals surface area (Å²) in [5.41, 5.74) is 1.34. The molecular formula is C14H27N3S. The molecule has 1 atom stereocenters. The van der Waals surface area contributed by atoms with E-state index in [1.54, 1.807) is 11.3 Å². The predicted molar refractivity (Wildman–Crippen MR) is 80.4 cm³/mol. The average Bonchev–Trinajstić information content (AvgIpc) is 2.75. The van der Waals surface area contributed by atoms with Crippen molar-refractivity contribution in [2.75, 3.05) is 21.1 Å². The van der Waals surface area contributed by atoms with E-state index in [0.717, 1.165) is 25.0 Å². The lowest BCUT2D eigenvalue weighted by atomic mass is 9.81. The van der Waals surface area contributed by atoms with Crippen LogP contribution in [0, 0.1) is 6.92 Å². The first-order chi connectivity index (χ1) is 8.50. The molecule has 0 aliphatic heterocycles. The fraction of sp³-hybridized carbons (Fsp3) is 0.786. The molecule has 4 heteroatoms. The SMILES string of the molecule is CCC(CC)(C(Cc1nc(C)cs1)NC)N(C)C. The Kier molecular flexibility index (Phi) is 5.76. The molecule has 0 spiro atoms. The van der Waals surface area contributed by atoms with E-state index in [1.807, 2.05) is 0 Å². The van der Waals surface area contributed by atoms with Crippen LogP contribution >= 0.6 is 11.3 Å². The summed E-state index contributed by atoms with van der Waals surface area (Å²) in [5, 5.41) is 6.88. The normalized spacial score (nSPS) is 14.2. The van der Waals surface area contributed by atoms with E-state index in [2.05, 4.69) is 62.5 Å². The van der Waals surface area contributed by atoms with Gasteiger partial charge in [-0.05, 0) is 40.9 Å². The molecule has 0 saturated heterocycles. The lowest BCUT2D eigenvalue weighted by molar-refractivity contribution is 0.0917. The van der Waals surface area contributed by atoms with Crippen molar-refractivity contribution in [3.8, 4) is 0 Å². The van der Waals surface area contributed by atoms with Gasteiger partial charge in [0, 0.05) is 29.1 Å². The number of aryl methyl sites for hydroxylation is 1. The lowest BCUT2D eigenvalue weighted by Crippen LogP contribution is -2.58. The first-order valence-electron chi connectivity index (χ1n) is 6.75. The highest BCUT2D eigenvalue weighted by Gasteiger charge is 2.37. The van der Waals surface area contributed by atoms with Gasteiger partial charge in [0.15, 0.2) is 0 Å². The van der Waals surface area contributed by atoms with E-state index >= 15 is 0 Å². The Hall–Kier alpha value is -0.450. The maximum absolute atomic E-state index is 4.60. The molecule has 1 aromatic rings. The Bertz CT molecular complexity index is 356. The van der Waals surface area contributed by atoms with E-state index in [9.17, 15) is 0 Å². The van der Waals surface area contributed by atoms with Crippen LogP contribution in [0.15, 0.2) is 5.38 Å². The smallest absolute Gasteiger partial charge is 0.0944 e. The topological polar surface area (TPSA) is 28.2 Å². The maximum Gasteiger partial charge on any atom is 0.0944 e. The van der Waals surface area contributed by atoms with Crippen molar-refractivity contribution < 1.29 is 0 Å². The standard InChI is InChI=1S/C14H27N3S/c1-7-14(8-2,17(5)6)12(15-4)9-13-16-11(3)10-18-13/h10,12,15H,7-9H2,1-6H3. The second-order valence-electron chi connectivity index (χ2n) is 5.13. The number of rotatable bonds is 7. The van der Waals surface area contributed by atoms with Crippen molar-refractivity contribution in [1.82, 2.24) is 15.2 Å². The minimum Gasteiger partial charge on any atom is -0.315 e. The molecule has 0 aliphatic rings. The second-order valence-corrected chi connectivity index (χ2v) is 6.08. The third kappa shape index (κ3) is 3.11. The molecule has 1 N–H and O–H groups in total. The third-order valence-corrected chi connectivity index (χ3v) is 5.15. The highest BCUT2D eigenvalue weighted by molar-refractivity contribution is 7.09. The monoisotopic (exact) mass is 269 g/mol. The zero-order valence-electron chi connectivity index (χ0n) is 12.6. The largest absolute Gasteiger partial charge is 0.315 e. The van der Waals surface area contributed by atoms with Crippen molar-refractivity contribution in [3.05, 3.63) is 16.1 Å². The summed E-state index contributed by atoms with van der Waals surface area (Å²) in [5.74, 6) is 0. The molecule has 0 radical (unpaired) electrons. The zero-order chi connectivity index (χ0) is 13.8. The van der Waals surface area contributed by atoms with Crippen LogP contribution in [0.4, 0.5) is 0 Å². The molecule has 0 saturated carbocycles. The number of nitrogens with one attached hydrogen (secondary N) is 1. The quantitative estimate of drug-likeness (QED) is 0.825. The summed E-state index contributed by atoms with van der Waals surface area (Å²) in [6.07, 6.45) is 3.30. The number of nitrogens with zero attached hydrogens (tertiary/aromatic N) is 2. The van der Waals surface area contributed by atoms with Crippen molar-refractivity contribution in [1.29, 1.82) is 0 Å². The van der Waals surface area contributed by atoms with Gasteiger partial charge in [0.2, 0.25) is 0 Å². The van der Waals surface area contributed by atoms with Crippen molar-refractivity contribution in [2.24, 2.45) is 0 Å². The fourth-order valence-corrected chi connectivity index (χ4v) is 3.74. The number of thiazole rings is 1. The van der Waals surface area contributed by atoms with E-state index in [-0.39, 0.29) is 5.54 Å². The minimum atomic E-state index is 0.203. The second kappa shape index (κ2) is 6.64. The molecule has 0 amide bonds. The van der Waals surface area contributed by atoms with E-state index < -0.39 is 0 Å². The van der Waals surface area contributed by atoms with Crippen LogP contribution in [-0.4, -0.2) is 42.6 Å². The summed E-state index contributed by atoms with van der Waals surface area (Å²) < 4.78 is 0. The Balaban J connectivity index is 2.92. The Morgan fingerprint density at radius 2 is 2.00 bits per heavy atom. The Morgan fingerprint density at radius 3 is 2.33 bits per heavy atom. The van der Waals surface area contributed by atoms with Crippen LogP contribution in [0.1, 0.15) is 37.4 Å². The molecule has 1 rings (SSSR count). The Morgan fingerprint density at radius 1 is 1.39 bits per heavy atom. The summed E-state index contributed by atoms with van der Waals surface area (Å²) in [6.45, 7) is 6.62. The van der Waals surface area contributed by atoms with Crippen LogP contribution in [0.3, 0.4) is 0 Å². The molecule has 1 unspecified atom stereocenters. The highest BCUT2D eigenvalue weighted by atomic mass is 32.1. The van der Waals surface area contributed by atoms with E-state index in [4.69, 9.17) is 0 Å². The first kappa shape index (κ1) is 15.6. The average molecular weight is 269 g/mol. The van der Waals surface area contributed by atoms with Gasteiger partial charge in [-0.2, -0.15) is 0 Å². The molecule has 0 fully saturated rings. The molecule has 0 bridgehead atoms. The third-order valence-electron chi connectivity index (χ3n) is 4.16. The maximum atomic E-state index is 4.60. The van der Waals surface area contributed by atoms with Crippen LogP contribution in [0.2, 0.25) is 0 Å². The predicted octanol–water partition coefficient (Wildman–Crippen LogP) is 2.70. The van der Waals surface area contributed by atoms with Crippen LogP contribution in [0.25, 0.3) is 0 Å². The molecule has 3 nitrogen and oxygen atoms in total. The van der Waals surface area contributed by atoms with Crippen molar-refractivity contribution in [3.63, 3.8) is 0 Å². The fourth-order valence-electron chi connectivity index (χ4n) is 2.92. The summed E-state index contributed by atoms with van der Waals surface area (Å²) >= 11 is 1.77. The molecule has 1 aromatic heterocycles. The van der Waals surface area contributed by atoms with Gasteiger partial charge >= 0.3 is 0 Å². The molecule has 104 valence electrons. The number of likely N-dealkylation sites (N-methyl/N-ethyl adjacent to an activating group) is 2. The van der Waals surface area contributed by atoms with Gasteiger partial charge in [-0.25, -0.2) is 4.98 Å². The molecular weight excluding hydrogens is 242 g/mol. The van der Waals surface area contributed by atoms with Crippen LogP contribution in [0.5, 0.6) is 0 Å². The number of aromatic nitrogens is 1. The summed E-state index contributed by atoms with van der Waals surface area (Å²) in [6, 6.07) is 0.438. The molecule has 1 heterocycles. The van der Waals surface area contributed by atoms with Gasteiger partial charge in [0.05, 0.1) is 5.01 Å². The lowest BCUT2D eigenvalue weighted by Gasteiger charge is -2.45. The van der Waals surface area contributed by atoms with Gasteiger partial charge in [-0.15, -0.1) is 11.3 Å². The van der Waals surface area contributed by atoms with Crippen molar-refractivity contribution in [2.45, 2.75) is 51.6 Å². The van der Waals surface area contributed by atoms with E-state index in [0.29, 0.717) is 6.04 Å². The van der Waals surface area contributed by atoms with Crippen molar-refractivity contribution >= 4 is 11.3 Å². The van der Waals surface area contributed by atoms with E-state index in [1.165, 1.54) is 5.01 Å². The first-order valence-corrected chi connectivity index (χ1v) is 7.63. The summed E-state index contributed by atoms with van der Waals surface area (Å²) in [7, 11) is 6.43. The number of hydrogen-bond acceptors (Lipinski definition) is 4. The van der Waals surface area contributed by atoms with Gasteiger partial charge in [0.1, 0.15) is 0 Å². The van der Waals surface area contributed by atoms with Gasteiger partial charge < -0.3 is 10.2 Å². The number of hydrogen-bond donors (Lipinski definition) is 1. The van der Waals surface area contributed by atoms with Crippen LogP contribution in [-0.2, 0) is 6.42 Å². The minimum absolute atomic E-state index is 0.203. The van der Waals surface area contributed by atoms with Gasteiger partial charge in [-0.3, -0.25) is 0 Å². The highest BCUT2D eigenvalue weighted by Crippen LogP contribution is 2.28. The molecule has 0 aromatic carbocycles. The molecule has 0 aliphatic carbocycles. The van der Waals surface area contributed by atoms with Crippen LogP contribution < -0.4 is 5.32 Å². The summed E-state index contributed by atoms with van der Waals surface area (Å²) in [4.78, 5) is 6.97. The van der Waals surface area contributed by atoms with Gasteiger partial charge in [-0.1, -0.05) is 13.8 Å².